The minimum Gasteiger partial charge on any atom is -0.507 e. The molecule has 0 saturated carbocycles. The molecule has 0 bridgehead atoms. The lowest BCUT2D eigenvalue weighted by molar-refractivity contribution is 0.0693. The zero-order valence-electron chi connectivity index (χ0n) is 7.83. The van der Waals surface area contributed by atoms with E-state index in [9.17, 15) is 9.90 Å². The summed E-state index contributed by atoms with van der Waals surface area (Å²) < 4.78 is 0.668. The van der Waals surface area contributed by atoms with Crippen LogP contribution in [0, 0.1) is 0 Å². The molecule has 0 amide bonds. The first-order valence-corrected chi connectivity index (χ1v) is 5.38. The molecule has 0 unspecified atom stereocenters. The number of hydrogen-bond donors (Lipinski definition) is 3. The summed E-state index contributed by atoms with van der Waals surface area (Å²) in [6.07, 6.45) is 0.920. The Morgan fingerprint density at radius 1 is 1.53 bits per heavy atom. The molecule has 1 aromatic rings. The van der Waals surface area contributed by atoms with E-state index in [-0.39, 0.29) is 17.4 Å². The molecule has 1 heterocycles. The van der Waals surface area contributed by atoms with Crippen LogP contribution in [-0.4, -0.2) is 22.7 Å². The first kappa shape index (κ1) is 10.4. The second-order valence-corrected chi connectivity index (χ2v) is 4.41. The lowest BCUT2D eigenvalue weighted by Gasteiger charge is -2.29. The van der Waals surface area contributed by atoms with Gasteiger partial charge >= 0.3 is 5.97 Å². The van der Waals surface area contributed by atoms with Gasteiger partial charge in [0, 0.05) is 16.1 Å². The molecule has 0 aromatic heterocycles. The fraction of sp³-hybridized carbons (Fsp3) is 0.300. The molecule has 1 aliphatic heterocycles. The summed E-state index contributed by atoms with van der Waals surface area (Å²) >= 11 is 3.23. The summed E-state index contributed by atoms with van der Waals surface area (Å²) in [5.41, 5.74) is 0.584. The number of carboxylic acid groups (broad SMARTS) is 1. The number of nitrogens with one attached hydrogen (secondary N) is 1. The van der Waals surface area contributed by atoms with E-state index in [4.69, 9.17) is 5.11 Å². The van der Waals surface area contributed by atoms with Crippen LogP contribution in [0.4, 0.5) is 0 Å². The zero-order valence-corrected chi connectivity index (χ0v) is 9.41. The number of phenols is 1. The van der Waals surface area contributed by atoms with Crippen molar-refractivity contribution in [2.45, 2.75) is 12.5 Å². The van der Waals surface area contributed by atoms with Gasteiger partial charge in [-0.05, 0) is 25.1 Å². The Labute approximate surface area is 95.1 Å². The van der Waals surface area contributed by atoms with Crippen molar-refractivity contribution in [3.05, 3.63) is 27.7 Å². The molecule has 1 fully saturated rings. The van der Waals surface area contributed by atoms with E-state index in [1.165, 1.54) is 6.07 Å². The van der Waals surface area contributed by atoms with E-state index in [0.717, 1.165) is 13.0 Å². The summed E-state index contributed by atoms with van der Waals surface area (Å²) in [4.78, 5) is 10.9. The van der Waals surface area contributed by atoms with Gasteiger partial charge in [-0.2, -0.15) is 0 Å². The number of carbonyl (C=O) groups is 1. The van der Waals surface area contributed by atoms with Gasteiger partial charge in [0.25, 0.3) is 0 Å². The van der Waals surface area contributed by atoms with E-state index in [0.29, 0.717) is 10.0 Å². The molecule has 1 atom stereocenters. The van der Waals surface area contributed by atoms with Gasteiger partial charge in [-0.15, -0.1) is 0 Å². The fourth-order valence-electron chi connectivity index (χ4n) is 1.60. The van der Waals surface area contributed by atoms with Crippen molar-refractivity contribution in [3.63, 3.8) is 0 Å². The molecule has 80 valence electrons. The molecule has 1 aliphatic rings. The van der Waals surface area contributed by atoms with Crippen LogP contribution in [0.25, 0.3) is 0 Å². The highest BCUT2D eigenvalue weighted by Crippen LogP contribution is 2.35. The first-order chi connectivity index (χ1) is 7.09. The number of benzene rings is 1. The number of aromatic hydroxyl groups is 1. The maximum absolute atomic E-state index is 10.9. The minimum atomic E-state index is -1.12. The third-order valence-electron chi connectivity index (χ3n) is 2.53. The van der Waals surface area contributed by atoms with E-state index in [2.05, 4.69) is 21.2 Å². The van der Waals surface area contributed by atoms with Gasteiger partial charge in [0.05, 0.1) is 0 Å². The molecule has 4 nitrogen and oxygen atoms in total. The van der Waals surface area contributed by atoms with Crippen molar-refractivity contribution in [1.82, 2.24) is 5.32 Å². The standard InChI is InChI=1S/C10H10BrNO3/c11-5-3-6(8-1-2-12-8)9(13)7(4-5)10(14)15/h3-4,8,12-13H,1-2H2,(H,14,15)/t8-/m0/s1. The molecule has 0 spiro atoms. The van der Waals surface area contributed by atoms with Crippen LogP contribution in [-0.2, 0) is 0 Å². The number of aromatic carboxylic acids is 1. The molecule has 5 heteroatoms. The van der Waals surface area contributed by atoms with Gasteiger partial charge in [-0.25, -0.2) is 4.79 Å². The van der Waals surface area contributed by atoms with Crippen LogP contribution in [0.3, 0.4) is 0 Å². The third kappa shape index (κ3) is 1.85. The summed E-state index contributed by atoms with van der Waals surface area (Å²) in [5, 5.41) is 21.8. The van der Waals surface area contributed by atoms with Crippen molar-refractivity contribution in [1.29, 1.82) is 0 Å². The number of carboxylic acids is 1. The minimum absolute atomic E-state index is 0.0620. The Kier molecular flexibility index (Phi) is 2.67. The topological polar surface area (TPSA) is 69.6 Å². The molecular weight excluding hydrogens is 262 g/mol. The van der Waals surface area contributed by atoms with Crippen LogP contribution in [0.1, 0.15) is 28.4 Å². The average Bonchev–Trinajstić information content (AvgIpc) is 2.07. The Bertz CT molecular complexity index is 415. The molecule has 3 N–H and O–H groups in total. The van der Waals surface area contributed by atoms with Crippen LogP contribution in [0.15, 0.2) is 16.6 Å². The highest BCUT2D eigenvalue weighted by molar-refractivity contribution is 9.10. The van der Waals surface area contributed by atoms with E-state index in [1.807, 2.05) is 0 Å². The maximum atomic E-state index is 10.9. The highest BCUT2D eigenvalue weighted by atomic mass is 79.9. The van der Waals surface area contributed by atoms with Gasteiger partial charge in [0.15, 0.2) is 0 Å². The summed E-state index contributed by atoms with van der Waals surface area (Å²) in [7, 11) is 0. The van der Waals surface area contributed by atoms with Crippen LogP contribution < -0.4 is 5.32 Å². The smallest absolute Gasteiger partial charge is 0.339 e. The summed E-state index contributed by atoms with van der Waals surface area (Å²) in [5.74, 6) is -1.25. The van der Waals surface area contributed by atoms with Crippen LogP contribution >= 0.6 is 15.9 Å². The Morgan fingerprint density at radius 2 is 2.20 bits per heavy atom. The number of rotatable bonds is 2. The van der Waals surface area contributed by atoms with Crippen molar-refractivity contribution < 1.29 is 15.0 Å². The van der Waals surface area contributed by atoms with Gasteiger partial charge in [0.2, 0.25) is 0 Å². The normalized spacial score (nSPS) is 19.7. The fourth-order valence-corrected chi connectivity index (χ4v) is 2.08. The quantitative estimate of drug-likeness (QED) is 0.769. The monoisotopic (exact) mass is 271 g/mol. The number of halogens is 1. The lowest BCUT2D eigenvalue weighted by Crippen LogP contribution is -2.35. The maximum Gasteiger partial charge on any atom is 0.339 e. The van der Waals surface area contributed by atoms with Crippen molar-refractivity contribution >= 4 is 21.9 Å². The molecule has 0 aliphatic carbocycles. The molecule has 2 rings (SSSR count). The van der Waals surface area contributed by atoms with Gasteiger partial charge < -0.3 is 15.5 Å². The van der Waals surface area contributed by atoms with Gasteiger partial charge in [-0.1, -0.05) is 15.9 Å². The van der Waals surface area contributed by atoms with E-state index in [1.54, 1.807) is 6.07 Å². The second-order valence-electron chi connectivity index (χ2n) is 3.49. The summed E-state index contributed by atoms with van der Waals surface area (Å²) in [6.45, 7) is 0.902. The average molecular weight is 272 g/mol. The van der Waals surface area contributed by atoms with Crippen molar-refractivity contribution in [3.8, 4) is 5.75 Å². The Morgan fingerprint density at radius 3 is 2.67 bits per heavy atom. The SMILES string of the molecule is O=C(O)c1cc(Br)cc([C@@H]2CCN2)c1O. The van der Waals surface area contributed by atoms with E-state index < -0.39 is 5.97 Å². The first-order valence-electron chi connectivity index (χ1n) is 4.58. The van der Waals surface area contributed by atoms with Gasteiger partial charge in [-0.3, -0.25) is 0 Å². The highest BCUT2D eigenvalue weighted by Gasteiger charge is 2.25. The zero-order chi connectivity index (χ0) is 11.0. The van der Waals surface area contributed by atoms with Crippen LogP contribution in [0.5, 0.6) is 5.75 Å². The predicted octanol–water partition coefficient (Wildman–Crippen LogP) is 1.89. The summed E-state index contributed by atoms with van der Waals surface area (Å²) in [6, 6.07) is 3.22. The number of hydrogen-bond acceptors (Lipinski definition) is 3. The molecular formula is C10H10BrNO3. The second kappa shape index (κ2) is 3.83. The molecule has 15 heavy (non-hydrogen) atoms. The van der Waals surface area contributed by atoms with Crippen LogP contribution in [0.2, 0.25) is 0 Å². The lowest BCUT2D eigenvalue weighted by atomic mass is 9.95. The molecule has 1 aromatic carbocycles. The molecule has 0 radical (unpaired) electrons. The van der Waals surface area contributed by atoms with E-state index >= 15 is 0 Å². The van der Waals surface area contributed by atoms with Crippen molar-refractivity contribution in [2.75, 3.05) is 6.54 Å². The Hall–Kier alpha value is -1.07. The predicted molar refractivity (Wildman–Crippen MR) is 58.1 cm³/mol. The van der Waals surface area contributed by atoms with Crippen molar-refractivity contribution in [2.24, 2.45) is 0 Å². The van der Waals surface area contributed by atoms with Gasteiger partial charge in [0.1, 0.15) is 11.3 Å². The third-order valence-corrected chi connectivity index (χ3v) is 2.99. The largest absolute Gasteiger partial charge is 0.507 e. The molecule has 1 saturated heterocycles. The Balaban J connectivity index is 2.49.